The van der Waals surface area contributed by atoms with E-state index in [1.165, 1.54) is 64.2 Å². The monoisotopic (exact) mass is 328 g/mol. The summed E-state index contributed by atoms with van der Waals surface area (Å²) in [5.41, 5.74) is 11.1. The van der Waals surface area contributed by atoms with E-state index in [9.17, 15) is 4.79 Å². The predicted molar refractivity (Wildman–Crippen MR) is 98.3 cm³/mol. The van der Waals surface area contributed by atoms with Crippen LogP contribution in [0.4, 0.5) is 0 Å². The molecule has 0 fully saturated rings. The zero-order valence-corrected chi connectivity index (χ0v) is 15.4. The van der Waals surface area contributed by atoms with Crippen molar-refractivity contribution in [1.29, 1.82) is 0 Å². The molecule has 0 saturated heterocycles. The minimum absolute atomic E-state index is 0.276. The van der Waals surface area contributed by atoms with Gasteiger partial charge in [-0.25, -0.2) is 0 Å². The number of carbonyl (C=O) groups is 1. The van der Waals surface area contributed by atoms with E-state index in [0.29, 0.717) is 19.6 Å². The molecule has 0 aromatic carbocycles. The van der Waals surface area contributed by atoms with Gasteiger partial charge in [0.05, 0.1) is 6.61 Å². The Hall–Kier alpha value is -0.610. The molecule has 23 heavy (non-hydrogen) atoms. The highest BCUT2D eigenvalue weighted by Gasteiger charge is 2.13. The maximum absolute atomic E-state index is 11.6. The molecule has 0 saturated carbocycles. The number of hydrogen-bond donors (Lipinski definition) is 2. The van der Waals surface area contributed by atoms with Crippen LogP contribution in [0.1, 0.15) is 96.8 Å². The molecule has 0 spiro atoms. The van der Waals surface area contributed by atoms with Gasteiger partial charge in [-0.15, -0.1) is 0 Å². The van der Waals surface area contributed by atoms with E-state index in [2.05, 4.69) is 6.92 Å². The lowest BCUT2D eigenvalue weighted by Gasteiger charge is -2.10. The van der Waals surface area contributed by atoms with Gasteiger partial charge in [0.1, 0.15) is 6.04 Å². The minimum Gasteiger partial charge on any atom is -0.465 e. The standard InChI is InChI=1S/C19H40N2O2/c1-2-3-4-5-6-7-8-9-10-11-12-13-17-23-19(22)18(21)15-14-16-20/h18H,2-17,20-21H2,1H3/t18-/m0/s1. The molecule has 0 aromatic heterocycles. The highest BCUT2D eigenvalue weighted by atomic mass is 16.5. The summed E-state index contributed by atoms with van der Waals surface area (Å²) in [5.74, 6) is -0.276. The first-order chi connectivity index (χ1) is 11.2. The Labute approximate surface area is 143 Å². The molecule has 4 nitrogen and oxygen atoms in total. The summed E-state index contributed by atoms with van der Waals surface area (Å²) >= 11 is 0. The van der Waals surface area contributed by atoms with Crippen molar-refractivity contribution < 1.29 is 9.53 Å². The van der Waals surface area contributed by atoms with Gasteiger partial charge in [-0.05, 0) is 25.8 Å². The lowest BCUT2D eigenvalue weighted by Crippen LogP contribution is -2.33. The molecule has 0 rings (SSSR count). The van der Waals surface area contributed by atoms with Crippen molar-refractivity contribution >= 4 is 5.97 Å². The second-order valence-corrected chi connectivity index (χ2v) is 6.59. The van der Waals surface area contributed by atoms with E-state index < -0.39 is 6.04 Å². The van der Waals surface area contributed by atoms with E-state index in [-0.39, 0.29) is 5.97 Å². The highest BCUT2D eigenvalue weighted by Crippen LogP contribution is 2.12. The van der Waals surface area contributed by atoms with Crippen LogP contribution < -0.4 is 11.5 Å². The summed E-state index contributed by atoms with van der Waals surface area (Å²) in [5, 5.41) is 0. The van der Waals surface area contributed by atoms with Crippen LogP contribution in [-0.2, 0) is 9.53 Å². The first kappa shape index (κ1) is 22.4. The molecular weight excluding hydrogens is 288 g/mol. The van der Waals surface area contributed by atoms with Crippen molar-refractivity contribution in [2.45, 2.75) is 103 Å². The topological polar surface area (TPSA) is 78.3 Å². The molecule has 0 radical (unpaired) electrons. The van der Waals surface area contributed by atoms with E-state index in [1.807, 2.05) is 0 Å². The Morgan fingerprint density at radius 3 is 1.78 bits per heavy atom. The second-order valence-electron chi connectivity index (χ2n) is 6.59. The van der Waals surface area contributed by atoms with Gasteiger partial charge in [-0.1, -0.05) is 77.6 Å². The van der Waals surface area contributed by atoms with E-state index in [1.54, 1.807) is 0 Å². The third kappa shape index (κ3) is 16.0. The molecule has 1 atom stereocenters. The number of esters is 1. The zero-order chi connectivity index (χ0) is 17.2. The first-order valence-corrected chi connectivity index (χ1v) is 9.84. The molecule has 4 heteroatoms. The SMILES string of the molecule is CCCCCCCCCCCCCCOC(=O)[C@@H](N)CCCN. The van der Waals surface area contributed by atoms with Crippen LogP contribution in [0.15, 0.2) is 0 Å². The van der Waals surface area contributed by atoms with Gasteiger partial charge in [-0.3, -0.25) is 4.79 Å². The van der Waals surface area contributed by atoms with Gasteiger partial charge in [0.2, 0.25) is 0 Å². The average Bonchev–Trinajstić information content (AvgIpc) is 2.56. The van der Waals surface area contributed by atoms with Crippen molar-refractivity contribution in [1.82, 2.24) is 0 Å². The summed E-state index contributed by atoms with van der Waals surface area (Å²) in [4.78, 5) is 11.6. The third-order valence-corrected chi connectivity index (χ3v) is 4.26. The van der Waals surface area contributed by atoms with Gasteiger partial charge in [0.15, 0.2) is 0 Å². The van der Waals surface area contributed by atoms with Gasteiger partial charge in [0.25, 0.3) is 0 Å². The van der Waals surface area contributed by atoms with Gasteiger partial charge in [0, 0.05) is 0 Å². The molecule has 4 N–H and O–H groups in total. The van der Waals surface area contributed by atoms with Crippen LogP contribution >= 0.6 is 0 Å². The lowest BCUT2D eigenvalue weighted by molar-refractivity contribution is -0.145. The maximum atomic E-state index is 11.6. The number of carbonyl (C=O) groups excluding carboxylic acids is 1. The van der Waals surface area contributed by atoms with Crippen molar-refractivity contribution in [3.8, 4) is 0 Å². The largest absolute Gasteiger partial charge is 0.465 e. The Bertz CT molecular complexity index is 260. The second kappa shape index (κ2) is 17.7. The summed E-state index contributed by atoms with van der Waals surface area (Å²) in [7, 11) is 0. The Kier molecular flexibility index (Phi) is 17.3. The van der Waals surface area contributed by atoms with Crippen molar-refractivity contribution in [2.24, 2.45) is 11.5 Å². The summed E-state index contributed by atoms with van der Waals surface area (Å²) in [6, 6.07) is -0.504. The molecule has 0 amide bonds. The van der Waals surface area contributed by atoms with Gasteiger partial charge < -0.3 is 16.2 Å². The van der Waals surface area contributed by atoms with Crippen LogP contribution in [0.3, 0.4) is 0 Å². The molecular formula is C19H40N2O2. The van der Waals surface area contributed by atoms with Crippen molar-refractivity contribution in [3.05, 3.63) is 0 Å². The highest BCUT2D eigenvalue weighted by molar-refractivity contribution is 5.75. The molecule has 0 aliphatic heterocycles. The number of rotatable bonds is 17. The number of unbranched alkanes of at least 4 members (excludes halogenated alkanes) is 11. The normalized spacial score (nSPS) is 12.3. The van der Waals surface area contributed by atoms with E-state index >= 15 is 0 Å². The van der Waals surface area contributed by atoms with Crippen molar-refractivity contribution in [2.75, 3.05) is 13.2 Å². The molecule has 0 bridgehead atoms. The summed E-state index contributed by atoms with van der Waals surface area (Å²) in [6.07, 6.45) is 17.1. The fourth-order valence-electron chi connectivity index (χ4n) is 2.68. The fraction of sp³-hybridized carbons (Fsp3) is 0.947. The van der Waals surface area contributed by atoms with Crippen LogP contribution in [0.25, 0.3) is 0 Å². The molecule has 0 aliphatic carbocycles. The summed E-state index contributed by atoms with van der Waals surface area (Å²) in [6.45, 7) is 3.34. The van der Waals surface area contributed by atoms with Crippen LogP contribution in [0.2, 0.25) is 0 Å². The van der Waals surface area contributed by atoms with Crippen molar-refractivity contribution in [3.63, 3.8) is 0 Å². The van der Waals surface area contributed by atoms with Gasteiger partial charge in [-0.2, -0.15) is 0 Å². The van der Waals surface area contributed by atoms with Gasteiger partial charge >= 0.3 is 5.97 Å². The fourth-order valence-corrected chi connectivity index (χ4v) is 2.68. The molecule has 0 aromatic rings. The Morgan fingerprint density at radius 1 is 0.826 bits per heavy atom. The number of ether oxygens (including phenoxy) is 1. The smallest absolute Gasteiger partial charge is 0.322 e. The maximum Gasteiger partial charge on any atom is 0.322 e. The quantitative estimate of drug-likeness (QED) is 0.308. The number of nitrogens with two attached hydrogens (primary N) is 2. The third-order valence-electron chi connectivity index (χ3n) is 4.26. The van der Waals surface area contributed by atoms with Crippen LogP contribution in [0.5, 0.6) is 0 Å². The number of hydrogen-bond acceptors (Lipinski definition) is 4. The predicted octanol–water partition coefficient (Wildman–Crippen LogP) is 4.30. The van der Waals surface area contributed by atoms with Crippen LogP contribution in [-0.4, -0.2) is 25.2 Å². The summed E-state index contributed by atoms with van der Waals surface area (Å²) < 4.78 is 5.19. The Morgan fingerprint density at radius 2 is 1.30 bits per heavy atom. The zero-order valence-electron chi connectivity index (χ0n) is 15.4. The molecule has 0 unspecified atom stereocenters. The minimum atomic E-state index is -0.504. The average molecular weight is 329 g/mol. The molecule has 0 heterocycles. The van der Waals surface area contributed by atoms with Crippen LogP contribution in [0, 0.1) is 0 Å². The molecule has 138 valence electrons. The Balaban J connectivity index is 3.19. The lowest BCUT2D eigenvalue weighted by atomic mass is 10.1. The van der Waals surface area contributed by atoms with E-state index in [4.69, 9.17) is 16.2 Å². The molecule has 0 aliphatic rings. The first-order valence-electron chi connectivity index (χ1n) is 9.84. The van der Waals surface area contributed by atoms with E-state index in [0.717, 1.165) is 19.3 Å².